The number of H-pyrrole nitrogens is 1. The molecule has 0 aliphatic rings. The minimum Gasteiger partial charge on any atom is -0.481 e. The van der Waals surface area contributed by atoms with Gasteiger partial charge in [-0.2, -0.15) is 5.10 Å². The summed E-state index contributed by atoms with van der Waals surface area (Å²) < 4.78 is 4.92. The number of hydrogen-bond acceptors (Lipinski definition) is 5. The van der Waals surface area contributed by atoms with Crippen LogP contribution in [0.15, 0.2) is 18.3 Å². The predicted octanol–water partition coefficient (Wildman–Crippen LogP) is 0.956. The van der Waals surface area contributed by atoms with E-state index in [4.69, 9.17) is 10.5 Å². The van der Waals surface area contributed by atoms with E-state index in [-0.39, 0.29) is 11.6 Å². The summed E-state index contributed by atoms with van der Waals surface area (Å²) in [5, 5.41) is 9.13. The van der Waals surface area contributed by atoms with Crippen LogP contribution in [0, 0.1) is 6.92 Å². The maximum Gasteiger partial charge on any atom is 0.278 e. The zero-order valence-electron chi connectivity index (χ0n) is 10.0. The number of carbonyl (C=O) groups is 1. The lowest BCUT2D eigenvalue weighted by Crippen LogP contribution is -2.14. The molecule has 0 spiro atoms. The number of aromatic nitrogens is 3. The molecule has 7 nitrogen and oxygen atoms in total. The minimum absolute atomic E-state index is 0.170. The molecule has 0 unspecified atom stereocenters. The van der Waals surface area contributed by atoms with E-state index >= 15 is 0 Å². The summed E-state index contributed by atoms with van der Waals surface area (Å²) in [6.07, 6.45) is 1.49. The van der Waals surface area contributed by atoms with Gasteiger partial charge in [0.15, 0.2) is 5.69 Å². The fraction of sp³-hybridized carbons (Fsp3) is 0.182. The summed E-state index contributed by atoms with van der Waals surface area (Å²) in [5.41, 5.74) is 7.43. The lowest BCUT2D eigenvalue weighted by Gasteiger charge is -2.04. The molecule has 0 saturated heterocycles. The maximum absolute atomic E-state index is 11.9. The van der Waals surface area contributed by atoms with Crippen LogP contribution in [0.2, 0.25) is 0 Å². The highest BCUT2D eigenvalue weighted by Crippen LogP contribution is 2.16. The number of pyridine rings is 1. The predicted molar refractivity (Wildman–Crippen MR) is 66.5 cm³/mol. The Balaban J connectivity index is 2.13. The van der Waals surface area contributed by atoms with Gasteiger partial charge in [0.05, 0.1) is 30.4 Å². The van der Waals surface area contributed by atoms with Gasteiger partial charge in [-0.3, -0.25) is 9.89 Å². The Morgan fingerprint density at radius 2 is 2.28 bits per heavy atom. The number of carbonyl (C=O) groups excluding carboxylic acids is 1. The number of rotatable bonds is 3. The Kier molecular flexibility index (Phi) is 3.13. The zero-order valence-corrected chi connectivity index (χ0v) is 10.0. The average Bonchev–Trinajstić information content (AvgIpc) is 2.71. The number of amides is 1. The van der Waals surface area contributed by atoms with Gasteiger partial charge in [0.2, 0.25) is 5.88 Å². The lowest BCUT2D eigenvalue weighted by atomic mass is 10.3. The van der Waals surface area contributed by atoms with Crippen molar-refractivity contribution in [1.29, 1.82) is 0 Å². The van der Waals surface area contributed by atoms with Gasteiger partial charge in [-0.25, -0.2) is 4.98 Å². The van der Waals surface area contributed by atoms with Crippen LogP contribution in [0.25, 0.3) is 0 Å². The molecule has 0 aromatic carbocycles. The van der Waals surface area contributed by atoms with Crippen LogP contribution in [-0.4, -0.2) is 28.2 Å². The molecule has 0 atom stereocenters. The zero-order chi connectivity index (χ0) is 13.1. The molecule has 2 rings (SSSR count). The van der Waals surface area contributed by atoms with E-state index in [1.165, 1.54) is 13.3 Å². The normalized spacial score (nSPS) is 10.1. The number of nitrogens with zero attached hydrogens (tertiary/aromatic N) is 2. The molecule has 94 valence electrons. The molecule has 0 saturated carbocycles. The standard InChI is InChI=1S/C11H13N5O2/c1-6-9(12)10(16-15-6)11(17)14-7-3-4-8(18-2)13-5-7/h3-5H,12H2,1-2H3,(H,14,17)(H,15,16). The molecule has 2 aromatic rings. The van der Waals surface area contributed by atoms with Crippen LogP contribution in [0.5, 0.6) is 5.88 Å². The van der Waals surface area contributed by atoms with E-state index in [0.717, 1.165) is 0 Å². The van der Waals surface area contributed by atoms with E-state index in [0.29, 0.717) is 22.9 Å². The Bertz CT molecular complexity index is 561. The molecule has 1 amide bonds. The number of nitrogen functional groups attached to an aromatic ring is 1. The number of hydrogen-bond donors (Lipinski definition) is 3. The fourth-order valence-corrected chi connectivity index (χ4v) is 1.38. The largest absolute Gasteiger partial charge is 0.481 e. The van der Waals surface area contributed by atoms with Crippen LogP contribution in [0.4, 0.5) is 11.4 Å². The summed E-state index contributed by atoms with van der Waals surface area (Å²) in [6, 6.07) is 3.33. The highest BCUT2D eigenvalue weighted by molar-refractivity contribution is 6.06. The van der Waals surface area contributed by atoms with E-state index in [9.17, 15) is 4.79 Å². The Hall–Kier alpha value is -2.57. The number of nitrogens with two attached hydrogens (primary N) is 1. The molecule has 2 aromatic heterocycles. The van der Waals surface area contributed by atoms with Crippen LogP contribution in [0.3, 0.4) is 0 Å². The van der Waals surface area contributed by atoms with Gasteiger partial charge in [-0.1, -0.05) is 0 Å². The number of anilines is 2. The van der Waals surface area contributed by atoms with Crippen molar-refractivity contribution in [3.63, 3.8) is 0 Å². The fourth-order valence-electron chi connectivity index (χ4n) is 1.38. The molecule has 0 aliphatic heterocycles. The van der Waals surface area contributed by atoms with Crippen LogP contribution in [0.1, 0.15) is 16.2 Å². The summed E-state index contributed by atoms with van der Waals surface area (Å²) in [6.45, 7) is 1.74. The van der Waals surface area contributed by atoms with Gasteiger partial charge in [-0.15, -0.1) is 0 Å². The first-order valence-electron chi connectivity index (χ1n) is 5.23. The van der Waals surface area contributed by atoms with Crippen LogP contribution in [-0.2, 0) is 0 Å². The first kappa shape index (κ1) is 11.9. The molecule has 0 radical (unpaired) electrons. The quantitative estimate of drug-likeness (QED) is 0.748. The number of aromatic amines is 1. The van der Waals surface area contributed by atoms with Gasteiger partial charge in [0.1, 0.15) is 0 Å². The lowest BCUT2D eigenvalue weighted by molar-refractivity contribution is 0.102. The third kappa shape index (κ3) is 2.24. The Labute approximate surface area is 103 Å². The number of aryl methyl sites for hydroxylation is 1. The minimum atomic E-state index is -0.385. The molecule has 4 N–H and O–H groups in total. The van der Waals surface area contributed by atoms with Crippen molar-refractivity contribution >= 4 is 17.3 Å². The molecule has 2 heterocycles. The summed E-state index contributed by atoms with van der Waals surface area (Å²) in [4.78, 5) is 15.8. The second-order valence-electron chi connectivity index (χ2n) is 3.65. The molecule has 0 bridgehead atoms. The third-order valence-electron chi connectivity index (χ3n) is 2.41. The van der Waals surface area contributed by atoms with Crippen molar-refractivity contribution in [3.05, 3.63) is 29.7 Å². The van der Waals surface area contributed by atoms with Crippen LogP contribution < -0.4 is 15.8 Å². The summed E-state index contributed by atoms with van der Waals surface area (Å²) in [5.74, 6) is 0.0898. The molecular weight excluding hydrogens is 234 g/mol. The van der Waals surface area contributed by atoms with Crippen molar-refractivity contribution in [2.75, 3.05) is 18.2 Å². The van der Waals surface area contributed by atoms with E-state index in [2.05, 4.69) is 20.5 Å². The first-order valence-corrected chi connectivity index (χ1v) is 5.23. The molecular formula is C11H13N5O2. The van der Waals surface area contributed by atoms with Crippen molar-refractivity contribution < 1.29 is 9.53 Å². The van der Waals surface area contributed by atoms with Gasteiger partial charge < -0.3 is 15.8 Å². The van der Waals surface area contributed by atoms with Crippen LogP contribution >= 0.6 is 0 Å². The second-order valence-corrected chi connectivity index (χ2v) is 3.65. The average molecular weight is 247 g/mol. The SMILES string of the molecule is COc1ccc(NC(=O)c2n[nH]c(C)c2N)cn1. The van der Waals surface area contributed by atoms with Gasteiger partial charge in [0.25, 0.3) is 5.91 Å². The monoisotopic (exact) mass is 247 g/mol. The van der Waals surface area contributed by atoms with Crippen molar-refractivity contribution in [3.8, 4) is 5.88 Å². The maximum atomic E-state index is 11.9. The Morgan fingerprint density at radius 1 is 1.50 bits per heavy atom. The second kappa shape index (κ2) is 4.74. The van der Waals surface area contributed by atoms with Gasteiger partial charge >= 0.3 is 0 Å². The highest BCUT2D eigenvalue weighted by Gasteiger charge is 2.15. The Morgan fingerprint density at radius 3 is 2.78 bits per heavy atom. The number of ether oxygens (including phenoxy) is 1. The number of nitrogens with one attached hydrogen (secondary N) is 2. The van der Waals surface area contributed by atoms with Gasteiger partial charge in [0, 0.05) is 6.07 Å². The highest BCUT2D eigenvalue weighted by atomic mass is 16.5. The molecule has 7 heteroatoms. The smallest absolute Gasteiger partial charge is 0.278 e. The topological polar surface area (TPSA) is 106 Å². The number of methoxy groups -OCH3 is 1. The van der Waals surface area contributed by atoms with Crippen molar-refractivity contribution in [1.82, 2.24) is 15.2 Å². The van der Waals surface area contributed by atoms with E-state index in [1.807, 2.05) is 0 Å². The molecule has 0 fully saturated rings. The van der Waals surface area contributed by atoms with E-state index in [1.54, 1.807) is 19.1 Å². The summed E-state index contributed by atoms with van der Waals surface area (Å²) >= 11 is 0. The summed E-state index contributed by atoms with van der Waals surface area (Å²) in [7, 11) is 1.52. The molecule has 18 heavy (non-hydrogen) atoms. The van der Waals surface area contributed by atoms with E-state index < -0.39 is 0 Å². The third-order valence-corrected chi connectivity index (χ3v) is 2.41. The van der Waals surface area contributed by atoms with Gasteiger partial charge in [-0.05, 0) is 13.0 Å². The molecule has 0 aliphatic carbocycles. The van der Waals surface area contributed by atoms with Crippen molar-refractivity contribution in [2.24, 2.45) is 0 Å². The van der Waals surface area contributed by atoms with Crippen molar-refractivity contribution in [2.45, 2.75) is 6.92 Å². The first-order chi connectivity index (χ1) is 8.61.